The molecule has 0 radical (unpaired) electrons. The van der Waals surface area contributed by atoms with Crippen molar-refractivity contribution in [2.24, 2.45) is 0 Å². The van der Waals surface area contributed by atoms with E-state index in [4.69, 9.17) is 11.6 Å². The molecule has 0 aliphatic carbocycles. The molecule has 0 fully saturated rings. The number of anilines is 1. The third-order valence-electron chi connectivity index (χ3n) is 4.59. The van der Waals surface area contributed by atoms with Crippen LogP contribution in [0.2, 0.25) is 5.02 Å². The van der Waals surface area contributed by atoms with Crippen LogP contribution in [-0.4, -0.2) is 55.2 Å². The Morgan fingerprint density at radius 3 is 2.79 bits per heavy atom. The number of carbonyl (C=O) groups excluding carboxylic acids is 1. The van der Waals surface area contributed by atoms with E-state index in [0.29, 0.717) is 16.4 Å². The molecule has 0 aliphatic rings. The zero-order valence-electron chi connectivity index (χ0n) is 16.3. The van der Waals surface area contributed by atoms with Gasteiger partial charge in [-0.1, -0.05) is 36.7 Å². The van der Waals surface area contributed by atoms with Crippen LogP contribution >= 0.6 is 11.6 Å². The van der Waals surface area contributed by atoms with Crippen LogP contribution in [0.3, 0.4) is 0 Å². The Morgan fingerprint density at radius 2 is 2.07 bits per heavy atom. The van der Waals surface area contributed by atoms with Gasteiger partial charge in [0.15, 0.2) is 5.69 Å². The Hall–Kier alpha value is -2.71. The van der Waals surface area contributed by atoms with E-state index in [1.54, 1.807) is 29.9 Å². The van der Waals surface area contributed by atoms with Gasteiger partial charge in [-0.15, -0.1) is 5.10 Å². The third-order valence-corrected chi connectivity index (χ3v) is 4.83. The van der Waals surface area contributed by atoms with E-state index in [-0.39, 0.29) is 11.6 Å². The summed E-state index contributed by atoms with van der Waals surface area (Å²) in [6.07, 6.45) is 3.45. The number of halogens is 1. The van der Waals surface area contributed by atoms with Gasteiger partial charge in [-0.05, 0) is 38.2 Å². The first-order chi connectivity index (χ1) is 13.5. The summed E-state index contributed by atoms with van der Waals surface area (Å²) in [7, 11) is 0. The molecule has 0 unspecified atom stereocenters. The van der Waals surface area contributed by atoms with E-state index >= 15 is 0 Å². The lowest BCUT2D eigenvalue weighted by atomic mass is 10.3. The molecule has 3 rings (SSSR count). The molecular weight excluding hydrogens is 378 g/mol. The van der Waals surface area contributed by atoms with Crippen molar-refractivity contribution in [3.63, 3.8) is 0 Å². The summed E-state index contributed by atoms with van der Waals surface area (Å²) in [6, 6.07) is 7.23. The summed E-state index contributed by atoms with van der Waals surface area (Å²) in [4.78, 5) is 14.9. The molecule has 1 amide bonds. The number of hydrogen-bond acceptors (Lipinski definition) is 5. The molecule has 9 heteroatoms. The van der Waals surface area contributed by atoms with E-state index in [9.17, 15) is 4.79 Å². The minimum absolute atomic E-state index is 0.260. The molecule has 0 atom stereocenters. The van der Waals surface area contributed by atoms with E-state index in [0.717, 1.165) is 31.9 Å². The fraction of sp³-hybridized carbons (Fsp3) is 0.368. The van der Waals surface area contributed by atoms with Crippen molar-refractivity contribution in [2.45, 2.75) is 27.3 Å². The molecule has 8 nitrogen and oxygen atoms in total. The molecule has 0 saturated heterocycles. The molecule has 0 aliphatic heterocycles. The van der Waals surface area contributed by atoms with Crippen LogP contribution in [0.5, 0.6) is 0 Å². The van der Waals surface area contributed by atoms with Gasteiger partial charge < -0.3 is 10.2 Å². The standard InChI is InChI=1S/C19H24ClN7O/c1-4-25(5-2)9-10-26-13-16(12-21-26)22-19(28)18-14(3)27(24-23-18)17-8-6-7-15(20)11-17/h6-8,11-13H,4-5,9-10H2,1-3H3,(H,22,28). The van der Waals surface area contributed by atoms with Crippen molar-refractivity contribution in [3.8, 4) is 5.69 Å². The van der Waals surface area contributed by atoms with Crippen LogP contribution in [0.1, 0.15) is 30.0 Å². The number of benzene rings is 1. The van der Waals surface area contributed by atoms with Gasteiger partial charge in [0.1, 0.15) is 0 Å². The van der Waals surface area contributed by atoms with E-state index in [2.05, 4.69) is 39.5 Å². The first-order valence-corrected chi connectivity index (χ1v) is 9.64. The largest absolute Gasteiger partial charge is 0.318 e. The predicted octanol–water partition coefficient (Wildman–Crippen LogP) is 3.02. The fourth-order valence-corrected chi connectivity index (χ4v) is 3.10. The summed E-state index contributed by atoms with van der Waals surface area (Å²) in [6.45, 7) is 9.75. The zero-order chi connectivity index (χ0) is 20.1. The summed E-state index contributed by atoms with van der Waals surface area (Å²) >= 11 is 6.04. The molecule has 1 N–H and O–H groups in total. The number of hydrogen-bond donors (Lipinski definition) is 1. The Morgan fingerprint density at radius 1 is 1.29 bits per heavy atom. The first-order valence-electron chi connectivity index (χ1n) is 9.26. The normalized spacial score (nSPS) is 11.2. The lowest BCUT2D eigenvalue weighted by molar-refractivity contribution is 0.102. The Labute approximate surface area is 169 Å². The third kappa shape index (κ3) is 4.58. The number of nitrogens with one attached hydrogen (secondary N) is 1. The van der Waals surface area contributed by atoms with Crippen molar-refractivity contribution in [1.82, 2.24) is 29.7 Å². The highest BCUT2D eigenvalue weighted by Gasteiger charge is 2.18. The lowest BCUT2D eigenvalue weighted by Crippen LogP contribution is -2.27. The van der Waals surface area contributed by atoms with Gasteiger partial charge in [-0.25, -0.2) is 4.68 Å². The Balaban J connectivity index is 1.67. The lowest BCUT2D eigenvalue weighted by Gasteiger charge is -2.17. The van der Waals surface area contributed by atoms with Crippen molar-refractivity contribution >= 4 is 23.2 Å². The quantitative estimate of drug-likeness (QED) is 0.627. The topological polar surface area (TPSA) is 80.9 Å². The molecule has 0 saturated carbocycles. The van der Waals surface area contributed by atoms with Crippen molar-refractivity contribution in [1.29, 1.82) is 0 Å². The number of carbonyl (C=O) groups is 1. The Kier molecular flexibility index (Phi) is 6.43. The molecule has 2 heterocycles. The number of rotatable bonds is 8. The first kappa shape index (κ1) is 20.0. The average molecular weight is 402 g/mol. The molecule has 2 aromatic heterocycles. The van der Waals surface area contributed by atoms with Crippen molar-refractivity contribution in [2.75, 3.05) is 25.0 Å². The average Bonchev–Trinajstić information content (AvgIpc) is 3.29. The smallest absolute Gasteiger partial charge is 0.278 e. The monoisotopic (exact) mass is 401 g/mol. The fourth-order valence-electron chi connectivity index (χ4n) is 2.92. The minimum atomic E-state index is -0.325. The molecule has 3 aromatic rings. The molecule has 0 spiro atoms. The molecule has 28 heavy (non-hydrogen) atoms. The summed E-state index contributed by atoms with van der Waals surface area (Å²) in [5.74, 6) is -0.325. The highest BCUT2D eigenvalue weighted by Crippen LogP contribution is 2.17. The van der Waals surface area contributed by atoms with Gasteiger partial charge in [0.25, 0.3) is 5.91 Å². The highest BCUT2D eigenvalue weighted by molar-refractivity contribution is 6.30. The molecular formula is C19H24ClN7O. The Bertz CT molecular complexity index is 945. The molecule has 1 aromatic carbocycles. The van der Waals surface area contributed by atoms with Gasteiger partial charge in [0, 0.05) is 17.8 Å². The van der Waals surface area contributed by atoms with Gasteiger partial charge in [0.05, 0.1) is 29.8 Å². The maximum absolute atomic E-state index is 12.6. The SMILES string of the molecule is CCN(CC)CCn1cc(NC(=O)c2nnn(-c3cccc(Cl)c3)c2C)cn1. The van der Waals surface area contributed by atoms with Crippen molar-refractivity contribution in [3.05, 3.63) is 53.1 Å². The second-order valence-electron chi connectivity index (χ2n) is 6.39. The van der Waals surface area contributed by atoms with E-state index in [1.165, 1.54) is 0 Å². The van der Waals surface area contributed by atoms with Gasteiger partial charge in [0.2, 0.25) is 0 Å². The van der Waals surface area contributed by atoms with Gasteiger partial charge in [-0.2, -0.15) is 5.10 Å². The second-order valence-corrected chi connectivity index (χ2v) is 6.82. The van der Waals surface area contributed by atoms with E-state index < -0.39 is 0 Å². The zero-order valence-corrected chi connectivity index (χ0v) is 17.0. The van der Waals surface area contributed by atoms with E-state index in [1.807, 2.05) is 23.0 Å². The number of aromatic nitrogens is 5. The van der Waals surface area contributed by atoms with Gasteiger partial charge >= 0.3 is 0 Å². The molecule has 148 valence electrons. The molecule has 0 bridgehead atoms. The highest BCUT2D eigenvalue weighted by atomic mass is 35.5. The minimum Gasteiger partial charge on any atom is -0.318 e. The van der Waals surface area contributed by atoms with Crippen LogP contribution in [0.4, 0.5) is 5.69 Å². The van der Waals surface area contributed by atoms with Crippen LogP contribution in [0.15, 0.2) is 36.7 Å². The predicted molar refractivity (Wildman–Crippen MR) is 109 cm³/mol. The van der Waals surface area contributed by atoms with Crippen LogP contribution in [0.25, 0.3) is 5.69 Å². The number of nitrogens with zero attached hydrogens (tertiary/aromatic N) is 6. The van der Waals surface area contributed by atoms with Crippen LogP contribution in [-0.2, 0) is 6.54 Å². The van der Waals surface area contributed by atoms with Crippen molar-refractivity contribution < 1.29 is 4.79 Å². The maximum atomic E-state index is 12.6. The number of amides is 1. The summed E-state index contributed by atoms with van der Waals surface area (Å²) in [5.41, 5.74) is 2.27. The maximum Gasteiger partial charge on any atom is 0.278 e. The van der Waals surface area contributed by atoms with Crippen LogP contribution in [0, 0.1) is 6.92 Å². The second kappa shape index (κ2) is 8.99. The van der Waals surface area contributed by atoms with Gasteiger partial charge in [-0.3, -0.25) is 9.48 Å². The number of likely N-dealkylation sites (N-methyl/N-ethyl adjacent to an activating group) is 1. The summed E-state index contributed by atoms with van der Waals surface area (Å²) < 4.78 is 3.41. The van der Waals surface area contributed by atoms with Crippen LogP contribution < -0.4 is 5.32 Å². The summed E-state index contributed by atoms with van der Waals surface area (Å²) in [5, 5.41) is 15.8.